The molecule has 0 aliphatic carbocycles. The van der Waals surface area contributed by atoms with Crippen LogP contribution in [-0.4, -0.2) is 9.97 Å². The van der Waals surface area contributed by atoms with Gasteiger partial charge in [0.1, 0.15) is 0 Å². The van der Waals surface area contributed by atoms with Gasteiger partial charge in [0.15, 0.2) is 0 Å². The molecule has 1 aliphatic rings. The zero-order valence-corrected chi connectivity index (χ0v) is 35.1. The third-order valence-electron chi connectivity index (χ3n) is 11.0. The van der Waals surface area contributed by atoms with Gasteiger partial charge < -0.3 is 19.8 Å². The van der Waals surface area contributed by atoms with Crippen LogP contribution in [0, 0.1) is 6.67 Å². The van der Waals surface area contributed by atoms with Gasteiger partial charge in [-0.05, 0) is 109 Å². The van der Waals surface area contributed by atoms with Crippen LogP contribution in [-0.2, 0) is 17.1 Å². The fourth-order valence-corrected chi connectivity index (χ4v) is 8.22. The maximum Gasteiger partial charge on any atom is 2.00 e. The fraction of sp³-hybridized carbons (Fsp3) is 0.235. The van der Waals surface area contributed by atoms with Crippen LogP contribution in [0.4, 0.5) is 22.7 Å². The number of hydrogen-bond donors (Lipinski definition) is 0. The largest absolute Gasteiger partial charge is 2.00 e. The number of anilines is 4. The molecule has 0 spiro atoms. The van der Waals surface area contributed by atoms with E-state index in [1.165, 1.54) is 55.8 Å². The monoisotopic (exact) mass is 796 g/mol. The molecule has 0 saturated carbocycles. The molecule has 3 heterocycles. The van der Waals surface area contributed by atoms with E-state index in [0.29, 0.717) is 29.5 Å². The molecule has 1 radical (unpaired) electrons. The van der Waals surface area contributed by atoms with Gasteiger partial charge >= 0.3 is 17.1 Å². The summed E-state index contributed by atoms with van der Waals surface area (Å²) in [7, 11) is 0. The third-order valence-corrected chi connectivity index (χ3v) is 11.0. The molecule has 0 fully saturated rings. The van der Waals surface area contributed by atoms with E-state index in [1.54, 1.807) is 6.20 Å². The Morgan fingerprint density at radius 2 is 0.895 bits per heavy atom. The average molecular weight is 798 g/mol. The second-order valence-corrected chi connectivity index (χ2v) is 16.1. The van der Waals surface area contributed by atoms with Crippen molar-refractivity contribution in [3.63, 3.8) is 0 Å². The first-order chi connectivity index (χ1) is 27.1. The molecule has 57 heavy (non-hydrogen) atoms. The Morgan fingerprint density at radius 3 is 1.35 bits per heavy atom. The van der Waals surface area contributed by atoms with Crippen LogP contribution in [0.25, 0.3) is 44.1 Å². The summed E-state index contributed by atoms with van der Waals surface area (Å²) < 4.78 is 0. The SMILES string of the molecule is CC(C)c1cccc(C(C)C)c1N1[CH-]N(c2c(C(C)C)cccc2C(C)C)c2ccccc21.[Cu+2].c1ccc(-c2nc3c4ccccc4c4ccccc4c3[n-]2)nc1. The molecule has 0 atom stereocenters. The predicted molar refractivity (Wildman–Crippen MR) is 238 cm³/mol. The maximum atomic E-state index is 4.79. The van der Waals surface area contributed by atoms with Crippen LogP contribution in [0.1, 0.15) is 101 Å². The predicted octanol–water partition coefficient (Wildman–Crippen LogP) is 14.1. The quantitative estimate of drug-likeness (QED) is 0.0913. The Morgan fingerprint density at radius 1 is 0.474 bits per heavy atom. The van der Waals surface area contributed by atoms with E-state index in [4.69, 9.17) is 9.97 Å². The van der Waals surface area contributed by atoms with Gasteiger partial charge in [-0.2, -0.15) is 0 Å². The number of hydrogen-bond acceptors (Lipinski definition) is 4. The topological polar surface area (TPSA) is 46.4 Å². The minimum absolute atomic E-state index is 0. The van der Waals surface area contributed by atoms with E-state index in [2.05, 4.69) is 174 Å². The summed E-state index contributed by atoms with van der Waals surface area (Å²) in [6.07, 6.45) is 1.77. The van der Waals surface area contributed by atoms with Crippen molar-refractivity contribution in [2.24, 2.45) is 0 Å². The Balaban J connectivity index is 0.000000181. The molecular formula is C51H51CuN5. The summed E-state index contributed by atoms with van der Waals surface area (Å²) in [5.41, 5.74) is 13.5. The van der Waals surface area contributed by atoms with Gasteiger partial charge in [-0.3, -0.25) is 4.98 Å². The van der Waals surface area contributed by atoms with Crippen molar-refractivity contribution >= 4 is 55.3 Å². The van der Waals surface area contributed by atoms with Gasteiger partial charge in [0, 0.05) is 28.9 Å². The molecule has 1 aliphatic heterocycles. The molecule has 0 amide bonds. The molecule has 2 aromatic heterocycles. The number of imidazole rings is 1. The summed E-state index contributed by atoms with van der Waals surface area (Å²) in [6.45, 7) is 20.7. The molecule has 6 heteroatoms. The minimum Gasteiger partial charge on any atom is -0.473 e. The molecule has 8 aromatic rings. The van der Waals surface area contributed by atoms with Crippen LogP contribution in [0.5, 0.6) is 0 Å². The minimum atomic E-state index is 0. The van der Waals surface area contributed by atoms with Gasteiger partial charge in [0.05, 0.1) is 5.69 Å². The molecular weight excluding hydrogens is 746 g/mol. The Bertz CT molecular complexity index is 2440. The molecule has 5 nitrogen and oxygen atoms in total. The number of rotatable bonds is 7. The van der Waals surface area contributed by atoms with Crippen LogP contribution in [0.2, 0.25) is 0 Å². The fourth-order valence-electron chi connectivity index (χ4n) is 8.22. The first kappa shape index (κ1) is 39.8. The molecule has 6 aromatic carbocycles. The number of fused-ring (bicyclic) bond motifs is 7. The third kappa shape index (κ3) is 7.33. The Hall–Kier alpha value is -5.42. The maximum absolute atomic E-state index is 4.79. The summed E-state index contributed by atoms with van der Waals surface area (Å²) in [5.74, 6) is 2.47. The number of pyridine rings is 1. The average Bonchev–Trinajstić information content (AvgIpc) is 3.84. The number of aromatic nitrogens is 3. The molecule has 0 saturated heterocycles. The molecule has 0 bridgehead atoms. The second-order valence-electron chi connectivity index (χ2n) is 16.1. The van der Waals surface area contributed by atoms with Crippen molar-refractivity contribution < 1.29 is 17.1 Å². The van der Waals surface area contributed by atoms with Gasteiger partial charge in [0.2, 0.25) is 0 Å². The molecule has 0 unspecified atom stereocenters. The van der Waals surface area contributed by atoms with Crippen LogP contribution in [0.3, 0.4) is 0 Å². The first-order valence-electron chi connectivity index (χ1n) is 20.1. The van der Waals surface area contributed by atoms with E-state index >= 15 is 0 Å². The van der Waals surface area contributed by atoms with Gasteiger partial charge in [-0.1, -0.05) is 159 Å². The van der Waals surface area contributed by atoms with Gasteiger partial charge in [0.25, 0.3) is 0 Å². The van der Waals surface area contributed by atoms with E-state index in [9.17, 15) is 0 Å². The summed E-state index contributed by atoms with van der Waals surface area (Å²) in [4.78, 5) is 18.8. The summed E-state index contributed by atoms with van der Waals surface area (Å²) >= 11 is 0. The number of para-hydroxylation sites is 4. The van der Waals surface area contributed by atoms with E-state index < -0.39 is 0 Å². The smallest absolute Gasteiger partial charge is 0.473 e. The first-order valence-corrected chi connectivity index (χ1v) is 20.1. The standard InChI is InChI=1S/C31H39N2.C20H12N3.Cu/c1-20(2)24-13-11-14-25(21(3)4)30(24)32-19-33(29-18-10-9-17-28(29)32)31-26(22(5)6)15-12-16-27(31)23(7)8;1-3-9-15-13(7-1)14-8-2-4-10-16(14)19-18(15)22-20(23-19)17-11-5-6-12-21-17;/h9-23H,1-8H3;1-12H;/q2*-1;+2. The van der Waals surface area contributed by atoms with Crippen molar-refractivity contribution in [2.75, 3.05) is 9.80 Å². The normalized spacial score (nSPS) is 12.6. The van der Waals surface area contributed by atoms with Crippen molar-refractivity contribution in [1.82, 2.24) is 15.0 Å². The summed E-state index contributed by atoms with van der Waals surface area (Å²) in [6, 6.07) is 45.0. The zero-order valence-electron chi connectivity index (χ0n) is 34.1. The van der Waals surface area contributed by atoms with Crippen LogP contribution in [0.15, 0.2) is 134 Å². The second kappa shape index (κ2) is 16.6. The van der Waals surface area contributed by atoms with Gasteiger partial charge in [-0.25, -0.2) is 0 Å². The summed E-state index contributed by atoms with van der Waals surface area (Å²) in [5, 5.41) is 4.69. The van der Waals surface area contributed by atoms with Crippen molar-refractivity contribution in [3.8, 4) is 11.5 Å². The van der Waals surface area contributed by atoms with Crippen LogP contribution >= 0.6 is 0 Å². The Kier molecular flexibility index (Phi) is 11.6. The Labute approximate surface area is 348 Å². The van der Waals surface area contributed by atoms with Crippen molar-refractivity contribution in [2.45, 2.75) is 79.1 Å². The van der Waals surface area contributed by atoms with Crippen molar-refractivity contribution in [3.05, 3.63) is 163 Å². The molecule has 291 valence electrons. The zero-order chi connectivity index (χ0) is 39.1. The molecule has 0 N–H and O–H groups in total. The van der Waals surface area contributed by atoms with E-state index in [0.717, 1.165) is 27.5 Å². The van der Waals surface area contributed by atoms with Gasteiger partial charge in [-0.15, -0.1) is 6.67 Å². The van der Waals surface area contributed by atoms with Crippen molar-refractivity contribution in [1.29, 1.82) is 0 Å². The number of nitrogens with zero attached hydrogens (tertiary/aromatic N) is 5. The van der Waals surface area contributed by atoms with Crippen LogP contribution < -0.4 is 14.8 Å². The van der Waals surface area contributed by atoms with E-state index in [1.807, 2.05) is 30.3 Å². The number of benzene rings is 6. The van der Waals surface area contributed by atoms with E-state index in [-0.39, 0.29) is 17.1 Å². The molecule has 9 rings (SSSR count).